The number of hydrogen-bond donors (Lipinski definition) is 2. The van der Waals surface area contributed by atoms with Gasteiger partial charge in [0.05, 0.1) is 0 Å². The molecule has 1 unspecified atom stereocenters. The average Bonchev–Trinajstić information content (AvgIpc) is 1.69. The molecule has 3 heteroatoms. The summed E-state index contributed by atoms with van der Waals surface area (Å²) in [6.07, 6.45) is 1.17. The maximum Gasteiger partial charge on any atom is 0.157 e. The predicted molar refractivity (Wildman–Crippen MR) is 27.4 cm³/mol. The second kappa shape index (κ2) is 2.04. The Morgan fingerprint density at radius 1 is 1.86 bits per heavy atom. The Morgan fingerprint density at radius 2 is 2.71 bits per heavy atom. The maximum atomic E-state index is 8.65. The molecule has 40 valence electrons. The van der Waals surface area contributed by atoms with Gasteiger partial charge in [0, 0.05) is 19.3 Å². The summed E-state index contributed by atoms with van der Waals surface area (Å²) in [6, 6.07) is 0. The summed E-state index contributed by atoms with van der Waals surface area (Å²) in [5.41, 5.74) is 0. The van der Waals surface area contributed by atoms with Crippen LogP contribution in [0.15, 0.2) is 4.99 Å². The minimum Gasteiger partial charge on any atom is -0.371 e. The molecule has 0 fully saturated rings. The van der Waals surface area contributed by atoms with E-state index in [4.69, 9.17) is 5.11 Å². The molecule has 1 heterocycles. The highest BCUT2D eigenvalue weighted by atomic mass is 16.3. The third-order valence-corrected chi connectivity index (χ3v) is 0.840. The zero-order valence-corrected chi connectivity index (χ0v) is 3.96. The molecule has 1 aliphatic heterocycles. The summed E-state index contributed by atoms with van der Waals surface area (Å²) in [6.45, 7) is 1.38. The quantitative estimate of drug-likeness (QED) is 0.409. The number of hydrogen-bond acceptors (Lipinski definition) is 3. The van der Waals surface area contributed by atoms with Gasteiger partial charge in [-0.25, -0.2) is 0 Å². The molecule has 7 heavy (non-hydrogen) atoms. The van der Waals surface area contributed by atoms with Gasteiger partial charge in [-0.05, 0) is 0 Å². The lowest BCUT2D eigenvalue weighted by Crippen LogP contribution is -2.31. The molecule has 0 bridgehead atoms. The number of nitrogens with one attached hydrogen (secondary N) is 1. The zero-order valence-electron chi connectivity index (χ0n) is 3.96. The van der Waals surface area contributed by atoms with Crippen LogP contribution in [0.25, 0.3) is 0 Å². The van der Waals surface area contributed by atoms with E-state index < -0.39 is 6.23 Å². The van der Waals surface area contributed by atoms with E-state index in [1.54, 1.807) is 6.21 Å². The van der Waals surface area contributed by atoms with E-state index in [1.165, 1.54) is 0 Å². The molecule has 1 atom stereocenters. The molecule has 2 N–H and O–H groups in total. The number of nitrogens with zero attached hydrogens (tertiary/aromatic N) is 1. The van der Waals surface area contributed by atoms with Crippen molar-refractivity contribution in [2.75, 3.05) is 13.1 Å². The van der Waals surface area contributed by atoms with Crippen molar-refractivity contribution >= 4 is 6.21 Å². The van der Waals surface area contributed by atoms with Crippen molar-refractivity contribution in [3.8, 4) is 0 Å². The Kier molecular flexibility index (Phi) is 1.38. The van der Waals surface area contributed by atoms with E-state index in [1.807, 2.05) is 0 Å². The summed E-state index contributed by atoms with van der Waals surface area (Å²) in [7, 11) is 0. The normalized spacial score (nSPS) is 30.7. The standard InChI is InChI=1S/C4H8N2O/c7-4-3-5-1-2-6-4/h2,4-5,7H,1,3H2. The van der Waals surface area contributed by atoms with Gasteiger partial charge in [-0.15, -0.1) is 0 Å². The molecule has 3 nitrogen and oxygen atoms in total. The second-order valence-corrected chi connectivity index (χ2v) is 1.47. The highest BCUT2D eigenvalue weighted by Gasteiger charge is 2.00. The minimum atomic E-state index is -0.506. The molecule has 1 aliphatic rings. The van der Waals surface area contributed by atoms with Gasteiger partial charge in [-0.1, -0.05) is 0 Å². The van der Waals surface area contributed by atoms with Crippen LogP contribution in [0, 0.1) is 0 Å². The fourth-order valence-corrected chi connectivity index (χ4v) is 0.504. The van der Waals surface area contributed by atoms with Crippen molar-refractivity contribution in [1.29, 1.82) is 0 Å². The Morgan fingerprint density at radius 3 is 3.00 bits per heavy atom. The van der Waals surface area contributed by atoms with Crippen LogP contribution in [0.1, 0.15) is 0 Å². The zero-order chi connectivity index (χ0) is 5.11. The number of aliphatic hydroxyl groups excluding tert-OH is 1. The van der Waals surface area contributed by atoms with Crippen LogP contribution in [-0.4, -0.2) is 30.6 Å². The van der Waals surface area contributed by atoms with Crippen molar-refractivity contribution in [2.24, 2.45) is 4.99 Å². The molecule has 1 rings (SSSR count). The predicted octanol–water partition coefficient (Wildman–Crippen LogP) is -1.02. The summed E-state index contributed by atoms with van der Waals surface area (Å²) < 4.78 is 0. The van der Waals surface area contributed by atoms with Crippen LogP contribution in [0.5, 0.6) is 0 Å². The summed E-state index contributed by atoms with van der Waals surface area (Å²) >= 11 is 0. The van der Waals surface area contributed by atoms with Crippen molar-refractivity contribution in [1.82, 2.24) is 5.32 Å². The fourth-order valence-electron chi connectivity index (χ4n) is 0.504. The second-order valence-electron chi connectivity index (χ2n) is 1.47. The minimum absolute atomic E-state index is 0.506. The number of aliphatic hydroxyl groups is 1. The number of aliphatic imine (C=N–C) groups is 1. The van der Waals surface area contributed by atoms with Crippen LogP contribution < -0.4 is 5.32 Å². The smallest absolute Gasteiger partial charge is 0.157 e. The van der Waals surface area contributed by atoms with Crippen molar-refractivity contribution in [3.05, 3.63) is 0 Å². The van der Waals surface area contributed by atoms with E-state index >= 15 is 0 Å². The monoisotopic (exact) mass is 100 g/mol. The van der Waals surface area contributed by atoms with E-state index in [0.29, 0.717) is 6.54 Å². The Bertz CT molecular complexity index is 81.8. The van der Waals surface area contributed by atoms with Crippen molar-refractivity contribution in [2.45, 2.75) is 6.23 Å². The van der Waals surface area contributed by atoms with Gasteiger partial charge >= 0.3 is 0 Å². The van der Waals surface area contributed by atoms with Crippen LogP contribution >= 0.6 is 0 Å². The van der Waals surface area contributed by atoms with Gasteiger partial charge in [-0.3, -0.25) is 4.99 Å². The van der Waals surface area contributed by atoms with Crippen LogP contribution in [0.4, 0.5) is 0 Å². The Hall–Kier alpha value is -0.410. The van der Waals surface area contributed by atoms with Crippen LogP contribution in [0.2, 0.25) is 0 Å². The van der Waals surface area contributed by atoms with Gasteiger partial charge in [0.2, 0.25) is 0 Å². The van der Waals surface area contributed by atoms with E-state index in [9.17, 15) is 0 Å². The van der Waals surface area contributed by atoms with Crippen molar-refractivity contribution in [3.63, 3.8) is 0 Å². The first-order chi connectivity index (χ1) is 3.39. The average molecular weight is 100 g/mol. The summed E-state index contributed by atoms with van der Waals surface area (Å²) in [5, 5.41) is 11.6. The Balaban J connectivity index is 2.36. The highest BCUT2D eigenvalue weighted by molar-refractivity contribution is 5.60. The van der Waals surface area contributed by atoms with Crippen LogP contribution in [-0.2, 0) is 0 Å². The van der Waals surface area contributed by atoms with Gasteiger partial charge < -0.3 is 10.4 Å². The highest BCUT2D eigenvalue weighted by Crippen LogP contribution is 1.83. The third-order valence-electron chi connectivity index (χ3n) is 0.840. The van der Waals surface area contributed by atoms with Gasteiger partial charge in [-0.2, -0.15) is 0 Å². The molecule has 0 amide bonds. The van der Waals surface area contributed by atoms with Gasteiger partial charge in [0.1, 0.15) is 0 Å². The first-order valence-corrected chi connectivity index (χ1v) is 2.30. The van der Waals surface area contributed by atoms with E-state index in [2.05, 4.69) is 10.3 Å². The van der Waals surface area contributed by atoms with E-state index in [-0.39, 0.29) is 0 Å². The number of β-amino-alcohol motifs (C(OH)–C–C–N with tert-alkyl or cyclic N) is 1. The molecule has 0 saturated carbocycles. The molecule has 0 aromatic carbocycles. The molecule has 0 aliphatic carbocycles. The molecular weight excluding hydrogens is 92.1 g/mol. The van der Waals surface area contributed by atoms with Crippen LogP contribution in [0.3, 0.4) is 0 Å². The fraction of sp³-hybridized carbons (Fsp3) is 0.750. The molecule has 0 saturated heterocycles. The Labute approximate surface area is 42.1 Å². The molecular formula is C4H8N2O. The maximum absolute atomic E-state index is 8.65. The molecule has 0 aromatic heterocycles. The summed E-state index contributed by atoms with van der Waals surface area (Å²) in [5.74, 6) is 0. The SMILES string of the molecule is OC1CNCC=N1. The van der Waals surface area contributed by atoms with Gasteiger partial charge in [0.25, 0.3) is 0 Å². The molecule has 0 spiro atoms. The van der Waals surface area contributed by atoms with Gasteiger partial charge in [0.15, 0.2) is 6.23 Å². The largest absolute Gasteiger partial charge is 0.371 e. The van der Waals surface area contributed by atoms with E-state index in [0.717, 1.165) is 6.54 Å². The first kappa shape index (κ1) is 4.74. The first-order valence-electron chi connectivity index (χ1n) is 2.30. The third kappa shape index (κ3) is 1.25. The van der Waals surface area contributed by atoms with Crippen molar-refractivity contribution < 1.29 is 5.11 Å². The number of rotatable bonds is 0. The lowest BCUT2D eigenvalue weighted by atomic mass is 10.5. The lowest BCUT2D eigenvalue weighted by Gasteiger charge is -2.09. The lowest BCUT2D eigenvalue weighted by molar-refractivity contribution is 0.179. The molecule has 0 aromatic rings. The summed E-state index contributed by atoms with van der Waals surface area (Å²) in [4.78, 5) is 3.70. The topological polar surface area (TPSA) is 44.6 Å². The molecule has 0 radical (unpaired) electrons.